The van der Waals surface area contributed by atoms with E-state index in [1.54, 1.807) is 35.2 Å². The molecule has 1 amide bonds. The molecule has 118 valence electrons. The number of halogens is 2. The number of amides is 1. The van der Waals surface area contributed by atoms with Gasteiger partial charge < -0.3 is 4.42 Å². The summed E-state index contributed by atoms with van der Waals surface area (Å²) in [6, 6.07) is 9.37. The van der Waals surface area contributed by atoms with Gasteiger partial charge in [0.05, 0.1) is 10.6 Å². The number of amidine groups is 1. The van der Waals surface area contributed by atoms with Crippen molar-refractivity contribution in [3.63, 3.8) is 0 Å². The van der Waals surface area contributed by atoms with Crippen LogP contribution in [0.5, 0.6) is 0 Å². The Morgan fingerprint density at radius 3 is 2.65 bits per heavy atom. The SMILES string of the molecule is CCN1C(=O)/C(=C\c2ccc(Br)o2)SC1=Nc1ccc(F)cc1. The van der Waals surface area contributed by atoms with Crippen molar-refractivity contribution in [3.05, 3.63) is 57.6 Å². The molecule has 1 fully saturated rings. The predicted octanol–water partition coefficient (Wildman–Crippen LogP) is 4.81. The molecule has 1 aromatic carbocycles. The topological polar surface area (TPSA) is 45.8 Å². The van der Waals surface area contributed by atoms with Gasteiger partial charge in [-0.15, -0.1) is 0 Å². The third kappa shape index (κ3) is 3.56. The van der Waals surface area contributed by atoms with Crippen molar-refractivity contribution in [1.82, 2.24) is 4.90 Å². The van der Waals surface area contributed by atoms with Crippen LogP contribution in [0.3, 0.4) is 0 Å². The number of carbonyl (C=O) groups is 1. The lowest BCUT2D eigenvalue weighted by atomic mass is 10.3. The maximum Gasteiger partial charge on any atom is 0.266 e. The van der Waals surface area contributed by atoms with Crippen LogP contribution in [0.1, 0.15) is 12.7 Å². The monoisotopic (exact) mass is 394 g/mol. The van der Waals surface area contributed by atoms with E-state index in [2.05, 4.69) is 20.9 Å². The van der Waals surface area contributed by atoms with Gasteiger partial charge in [0, 0.05) is 12.6 Å². The molecular formula is C16H12BrFN2O2S. The average molecular weight is 395 g/mol. The van der Waals surface area contributed by atoms with Gasteiger partial charge in [-0.05, 0) is 71.0 Å². The standard InChI is InChI=1S/C16H12BrFN2O2S/c1-2-20-15(21)13(9-12-7-8-14(17)22-12)23-16(20)19-11-5-3-10(18)4-6-11/h3-9H,2H2,1H3/b13-9+,19-16?. The minimum Gasteiger partial charge on any atom is -0.450 e. The highest BCUT2D eigenvalue weighted by atomic mass is 79.9. The van der Waals surface area contributed by atoms with E-state index in [1.165, 1.54) is 23.9 Å². The number of carbonyl (C=O) groups excluding carboxylic acids is 1. The molecule has 0 unspecified atom stereocenters. The van der Waals surface area contributed by atoms with Gasteiger partial charge >= 0.3 is 0 Å². The van der Waals surface area contributed by atoms with Crippen molar-refractivity contribution in [2.24, 2.45) is 4.99 Å². The van der Waals surface area contributed by atoms with Crippen molar-refractivity contribution in [2.75, 3.05) is 6.54 Å². The van der Waals surface area contributed by atoms with Gasteiger partial charge in [-0.3, -0.25) is 9.69 Å². The van der Waals surface area contributed by atoms with Crippen LogP contribution >= 0.6 is 27.7 Å². The summed E-state index contributed by atoms with van der Waals surface area (Å²) in [6.45, 7) is 2.39. The number of likely N-dealkylation sites (N-methyl/N-ethyl adjacent to an activating group) is 1. The molecule has 1 saturated heterocycles. The molecule has 0 aliphatic carbocycles. The highest BCUT2D eigenvalue weighted by molar-refractivity contribution is 9.10. The lowest BCUT2D eigenvalue weighted by Gasteiger charge is -2.11. The maximum atomic E-state index is 13.0. The summed E-state index contributed by atoms with van der Waals surface area (Å²) in [7, 11) is 0. The largest absolute Gasteiger partial charge is 0.450 e. The van der Waals surface area contributed by atoms with Gasteiger partial charge in [-0.1, -0.05) is 0 Å². The van der Waals surface area contributed by atoms with Crippen molar-refractivity contribution < 1.29 is 13.6 Å². The first-order valence-corrected chi connectivity index (χ1v) is 8.49. The number of aliphatic imine (C=N–C) groups is 1. The van der Waals surface area contributed by atoms with Crippen LogP contribution in [-0.2, 0) is 4.79 Å². The molecule has 1 aromatic heterocycles. The molecule has 0 bridgehead atoms. The number of furan rings is 1. The van der Waals surface area contributed by atoms with Crippen LogP contribution in [0.4, 0.5) is 10.1 Å². The normalized spacial score (nSPS) is 18.4. The fourth-order valence-corrected chi connectivity index (χ4v) is 3.39. The van der Waals surface area contributed by atoms with Gasteiger partial charge in [0.1, 0.15) is 11.6 Å². The second-order valence-electron chi connectivity index (χ2n) is 4.67. The summed E-state index contributed by atoms with van der Waals surface area (Å²) in [6.07, 6.45) is 1.69. The zero-order chi connectivity index (χ0) is 16.4. The Hall–Kier alpha value is -1.86. The highest BCUT2D eigenvalue weighted by Crippen LogP contribution is 2.34. The van der Waals surface area contributed by atoms with E-state index >= 15 is 0 Å². The molecule has 23 heavy (non-hydrogen) atoms. The molecule has 2 aromatic rings. The molecule has 7 heteroatoms. The number of benzene rings is 1. The Morgan fingerprint density at radius 1 is 1.30 bits per heavy atom. The van der Waals surface area contributed by atoms with Crippen molar-refractivity contribution >= 4 is 50.5 Å². The number of rotatable bonds is 3. The first-order chi connectivity index (χ1) is 11.1. The van der Waals surface area contributed by atoms with Crippen molar-refractivity contribution in [1.29, 1.82) is 0 Å². The van der Waals surface area contributed by atoms with Crippen LogP contribution in [0, 0.1) is 5.82 Å². The highest BCUT2D eigenvalue weighted by Gasteiger charge is 2.32. The lowest BCUT2D eigenvalue weighted by Crippen LogP contribution is -2.28. The fraction of sp³-hybridized carbons (Fsp3) is 0.125. The minimum atomic E-state index is -0.319. The Morgan fingerprint density at radius 2 is 2.04 bits per heavy atom. The van der Waals surface area contributed by atoms with Gasteiger partial charge in [-0.25, -0.2) is 9.38 Å². The van der Waals surface area contributed by atoms with Gasteiger partial charge in [-0.2, -0.15) is 0 Å². The maximum absolute atomic E-state index is 13.0. The number of thioether (sulfide) groups is 1. The van der Waals surface area contributed by atoms with Gasteiger partial charge in [0.2, 0.25) is 0 Å². The van der Waals surface area contributed by atoms with E-state index in [9.17, 15) is 9.18 Å². The Labute approximate surface area is 145 Å². The first-order valence-electron chi connectivity index (χ1n) is 6.88. The first kappa shape index (κ1) is 16.0. The van der Waals surface area contributed by atoms with E-state index in [0.29, 0.717) is 32.7 Å². The quantitative estimate of drug-likeness (QED) is 0.701. The summed E-state index contributed by atoms with van der Waals surface area (Å²) in [5.74, 6) is 0.151. The molecule has 1 aliphatic rings. The smallest absolute Gasteiger partial charge is 0.266 e. The predicted molar refractivity (Wildman–Crippen MR) is 92.9 cm³/mol. The zero-order valence-corrected chi connectivity index (χ0v) is 14.5. The van der Waals surface area contributed by atoms with E-state index in [0.717, 1.165) is 0 Å². The van der Waals surface area contributed by atoms with Crippen molar-refractivity contribution in [3.8, 4) is 0 Å². The fourth-order valence-electron chi connectivity index (χ4n) is 2.03. The van der Waals surface area contributed by atoms with Crippen LogP contribution in [-0.4, -0.2) is 22.5 Å². The minimum absolute atomic E-state index is 0.120. The summed E-state index contributed by atoms with van der Waals surface area (Å²) in [5.41, 5.74) is 0.599. The molecule has 0 atom stereocenters. The average Bonchev–Trinajstić information content (AvgIpc) is 3.06. The molecule has 1 aliphatic heterocycles. The van der Waals surface area contributed by atoms with E-state index < -0.39 is 0 Å². The second kappa shape index (κ2) is 6.72. The summed E-state index contributed by atoms with van der Waals surface area (Å²) < 4.78 is 19.0. The van der Waals surface area contributed by atoms with E-state index in [1.807, 2.05) is 6.92 Å². The lowest BCUT2D eigenvalue weighted by molar-refractivity contribution is -0.122. The third-order valence-corrected chi connectivity index (χ3v) is 4.56. The molecule has 0 saturated carbocycles. The summed E-state index contributed by atoms with van der Waals surface area (Å²) in [4.78, 5) is 19.0. The van der Waals surface area contributed by atoms with Crippen LogP contribution < -0.4 is 0 Å². The molecule has 0 N–H and O–H groups in total. The summed E-state index contributed by atoms with van der Waals surface area (Å²) >= 11 is 4.50. The van der Waals surface area contributed by atoms with Crippen LogP contribution in [0.2, 0.25) is 0 Å². The second-order valence-corrected chi connectivity index (χ2v) is 6.46. The van der Waals surface area contributed by atoms with Gasteiger partial charge in [0.25, 0.3) is 5.91 Å². The zero-order valence-electron chi connectivity index (χ0n) is 12.1. The van der Waals surface area contributed by atoms with E-state index in [-0.39, 0.29) is 11.7 Å². The molecular weight excluding hydrogens is 383 g/mol. The number of hydrogen-bond acceptors (Lipinski definition) is 4. The summed E-state index contributed by atoms with van der Waals surface area (Å²) in [5, 5.41) is 0.570. The van der Waals surface area contributed by atoms with Crippen molar-refractivity contribution in [2.45, 2.75) is 6.92 Å². The van der Waals surface area contributed by atoms with Crippen LogP contribution in [0.25, 0.3) is 6.08 Å². The molecule has 4 nitrogen and oxygen atoms in total. The third-order valence-electron chi connectivity index (χ3n) is 3.12. The molecule has 0 spiro atoms. The number of hydrogen-bond donors (Lipinski definition) is 0. The Kier molecular flexibility index (Phi) is 4.68. The molecule has 3 rings (SSSR count). The van der Waals surface area contributed by atoms with Gasteiger partial charge in [0.15, 0.2) is 9.84 Å². The van der Waals surface area contributed by atoms with Crippen LogP contribution in [0.15, 0.2) is 55.4 Å². The Balaban J connectivity index is 1.91. The van der Waals surface area contributed by atoms with E-state index in [4.69, 9.17) is 4.42 Å². The molecule has 2 heterocycles. The Bertz CT molecular complexity index is 799. The number of nitrogens with zero attached hydrogens (tertiary/aromatic N) is 2. The molecule has 0 radical (unpaired) electrons.